The van der Waals surface area contributed by atoms with Crippen LogP contribution in [0.3, 0.4) is 0 Å². The monoisotopic (exact) mass is 314 g/mol. The van der Waals surface area contributed by atoms with Crippen molar-refractivity contribution in [2.24, 2.45) is 5.92 Å². The Hall–Kier alpha value is -2.37. The maximum absolute atomic E-state index is 12.7. The number of rotatable bonds is 4. The fourth-order valence-corrected chi connectivity index (χ4v) is 3.01. The number of nitrogens with zero attached hydrogens (tertiary/aromatic N) is 2. The highest BCUT2D eigenvalue weighted by Gasteiger charge is 2.29. The number of aromatic amines is 1. The predicted octanol–water partition coefficient (Wildman–Crippen LogP) is 1.94. The number of piperidine rings is 1. The van der Waals surface area contributed by atoms with Crippen molar-refractivity contribution in [1.82, 2.24) is 20.4 Å². The van der Waals surface area contributed by atoms with Crippen molar-refractivity contribution in [3.05, 3.63) is 30.0 Å². The molecule has 2 aromatic rings. The first-order chi connectivity index (χ1) is 11.2. The van der Waals surface area contributed by atoms with E-state index < -0.39 is 0 Å². The summed E-state index contributed by atoms with van der Waals surface area (Å²) in [5.74, 6) is 0.0700. The number of carbonyl (C=O) groups is 2. The Balaban J connectivity index is 1.63. The van der Waals surface area contributed by atoms with Gasteiger partial charge in [-0.3, -0.25) is 14.7 Å². The molecule has 1 aromatic carbocycles. The van der Waals surface area contributed by atoms with E-state index >= 15 is 0 Å². The molecule has 0 saturated carbocycles. The van der Waals surface area contributed by atoms with Crippen LogP contribution in [0.2, 0.25) is 0 Å². The van der Waals surface area contributed by atoms with Crippen LogP contribution >= 0.6 is 0 Å². The summed E-state index contributed by atoms with van der Waals surface area (Å²) in [6, 6.07) is 7.62. The predicted molar refractivity (Wildman–Crippen MR) is 88.0 cm³/mol. The second-order valence-electron chi connectivity index (χ2n) is 5.98. The van der Waals surface area contributed by atoms with E-state index in [1.165, 1.54) is 0 Å². The zero-order chi connectivity index (χ0) is 16.2. The molecule has 1 aliphatic heterocycles. The van der Waals surface area contributed by atoms with Crippen molar-refractivity contribution in [1.29, 1.82) is 0 Å². The minimum absolute atomic E-state index is 0.0153. The van der Waals surface area contributed by atoms with Crippen LogP contribution in [0.25, 0.3) is 10.9 Å². The molecule has 1 fully saturated rings. The fraction of sp³-hybridized carbons (Fsp3) is 0.471. The second kappa shape index (κ2) is 6.81. The number of benzene rings is 1. The molecule has 2 N–H and O–H groups in total. The van der Waals surface area contributed by atoms with Crippen LogP contribution in [0.4, 0.5) is 0 Å². The van der Waals surface area contributed by atoms with E-state index in [2.05, 4.69) is 15.5 Å². The van der Waals surface area contributed by atoms with Crippen LogP contribution < -0.4 is 5.32 Å². The number of fused-ring (bicyclic) bond motifs is 1. The van der Waals surface area contributed by atoms with Crippen LogP contribution in [-0.2, 0) is 4.79 Å². The number of para-hydroxylation sites is 1. The number of carbonyl (C=O) groups excluding carboxylic acids is 2. The lowest BCUT2D eigenvalue weighted by Crippen LogP contribution is -2.43. The fourth-order valence-electron chi connectivity index (χ4n) is 3.01. The number of H-pyrrole nitrogens is 1. The van der Waals surface area contributed by atoms with Gasteiger partial charge in [0.15, 0.2) is 5.69 Å². The lowest BCUT2D eigenvalue weighted by Gasteiger charge is -2.31. The molecule has 1 saturated heterocycles. The minimum atomic E-state index is -0.0603. The third kappa shape index (κ3) is 3.21. The van der Waals surface area contributed by atoms with Crippen molar-refractivity contribution in [3.8, 4) is 0 Å². The third-order valence-corrected chi connectivity index (χ3v) is 4.38. The Labute approximate surface area is 135 Å². The molecule has 0 bridgehead atoms. The Morgan fingerprint density at radius 3 is 2.78 bits per heavy atom. The number of aromatic nitrogens is 2. The standard InChI is InChI=1S/C17H22N4O2/c1-2-9-18-16(22)12-7-10-21(11-8-12)17(23)15-13-5-3-4-6-14(13)19-20-15/h3-6,12H,2,7-11H2,1H3,(H,18,22)(H,19,20). The molecule has 2 heterocycles. The number of hydrogen-bond donors (Lipinski definition) is 2. The molecule has 122 valence electrons. The Morgan fingerprint density at radius 2 is 2.04 bits per heavy atom. The molecule has 1 aromatic heterocycles. The van der Waals surface area contributed by atoms with E-state index in [1.807, 2.05) is 31.2 Å². The van der Waals surface area contributed by atoms with Gasteiger partial charge in [-0.2, -0.15) is 5.10 Å². The van der Waals surface area contributed by atoms with Crippen molar-refractivity contribution < 1.29 is 9.59 Å². The van der Waals surface area contributed by atoms with Crippen LogP contribution in [0, 0.1) is 5.92 Å². The summed E-state index contributed by atoms with van der Waals surface area (Å²) in [6.07, 6.45) is 2.36. The topological polar surface area (TPSA) is 78.1 Å². The maximum Gasteiger partial charge on any atom is 0.274 e. The molecule has 0 atom stereocenters. The van der Waals surface area contributed by atoms with Gasteiger partial charge in [-0.05, 0) is 25.3 Å². The van der Waals surface area contributed by atoms with Gasteiger partial charge in [-0.15, -0.1) is 0 Å². The molecule has 23 heavy (non-hydrogen) atoms. The molecule has 0 unspecified atom stereocenters. The van der Waals surface area contributed by atoms with Crippen molar-refractivity contribution in [3.63, 3.8) is 0 Å². The van der Waals surface area contributed by atoms with Crippen LogP contribution in [-0.4, -0.2) is 46.5 Å². The zero-order valence-electron chi connectivity index (χ0n) is 13.3. The molecular formula is C17H22N4O2. The van der Waals surface area contributed by atoms with Gasteiger partial charge in [0.2, 0.25) is 5.91 Å². The van der Waals surface area contributed by atoms with Crippen LogP contribution in [0.1, 0.15) is 36.7 Å². The Morgan fingerprint density at radius 1 is 1.30 bits per heavy atom. The second-order valence-corrected chi connectivity index (χ2v) is 5.98. The van der Waals surface area contributed by atoms with Gasteiger partial charge in [-0.25, -0.2) is 0 Å². The summed E-state index contributed by atoms with van der Waals surface area (Å²) < 4.78 is 0. The summed E-state index contributed by atoms with van der Waals surface area (Å²) in [6.45, 7) is 3.96. The van der Waals surface area contributed by atoms with Gasteiger partial charge >= 0.3 is 0 Å². The van der Waals surface area contributed by atoms with Crippen LogP contribution in [0.15, 0.2) is 24.3 Å². The zero-order valence-corrected chi connectivity index (χ0v) is 13.3. The van der Waals surface area contributed by atoms with E-state index in [0.29, 0.717) is 31.6 Å². The van der Waals surface area contributed by atoms with Gasteiger partial charge in [0, 0.05) is 30.9 Å². The maximum atomic E-state index is 12.7. The first-order valence-electron chi connectivity index (χ1n) is 8.20. The van der Waals surface area contributed by atoms with E-state index in [9.17, 15) is 9.59 Å². The molecule has 3 rings (SSSR count). The Bertz CT molecular complexity index is 701. The van der Waals surface area contributed by atoms with Crippen molar-refractivity contribution >= 4 is 22.7 Å². The average Bonchev–Trinajstić information content (AvgIpc) is 3.03. The number of hydrogen-bond acceptors (Lipinski definition) is 3. The summed E-state index contributed by atoms with van der Waals surface area (Å²) in [5, 5.41) is 10.9. The third-order valence-electron chi connectivity index (χ3n) is 4.38. The highest BCUT2D eigenvalue weighted by Crippen LogP contribution is 2.22. The summed E-state index contributed by atoms with van der Waals surface area (Å²) in [4.78, 5) is 26.5. The smallest absolute Gasteiger partial charge is 0.274 e. The normalized spacial score (nSPS) is 15.8. The minimum Gasteiger partial charge on any atom is -0.356 e. The van der Waals surface area contributed by atoms with E-state index in [-0.39, 0.29) is 17.7 Å². The molecule has 6 nitrogen and oxygen atoms in total. The summed E-state index contributed by atoms with van der Waals surface area (Å²) in [5.41, 5.74) is 1.33. The van der Waals surface area contributed by atoms with E-state index in [4.69, 9.17) is 0 Å². The van der Waals surface area contributed by atoms with Gasteiger partial charge in [-0.1, -0.05) is 25.1 Å². The van der Waals surface area contributed by atoms with E-state index in [1.54, 1.807) is 4.90 Å². The number of nitrogens with one attached hydrogen (secondary N) is 2. The molecule has 6 heteroatoms. The number of amides is 2. The van der Waals surface area contributed by atoms with Crippen LogP contribution in [0.5, 0.6) is 0 Å². The molecule has 2 amide bonds. The summed E-state index contributed by atoms with van der Waals surface area (Å²) in [7, 11) is 0. The molecular weight excluding hydrogens is 292 g/mol. The highest BCUT2D eigenvalue weighted by molar-refractivity contribution is 6.04. The molecule has 0 aliphatic carbocycles. The first kappa shape index (κ1) is 15.5. The largest absolute Gasteiger partial charge is 0.356 e. The highest BCUT2D eigenvalue weighted by atomic mass is 16.2. The van der Waals surface area contributed by atoms with Gasteiger partial charge in [0.05, 0.1) is 5.52 Å². The van der Waals surface area contributed by atoms with Gasteiger partial charge in [0.1, 0.15) is 0 Å². The SMILES string of the molecule is CCCNC(=O)C1CCN(C(=O)c2n[nH]c3ccccc23)CC1. The quantitative estimate of drug-likeness (QED) is 0.905. The summed E-state index contributed by atoms with van der Waals surface area (Å²) >= 11 is 0. The molecule has 0 radical (unpaired) electrons. The first-order valence-corrected chi connectivity index (χ1v) is 8.20. The van der Waals surface area contributed by atoms with E-state index in [0.717, 1.165) is 23.9 Å². The van der Waals surface area contributed by atoms with Gasteiger partial charge in [0.25, 0.3) is 5.91 Å². The Kier molecular flexibility index (Phi) is 4.60. The van der Waals surface area contributed by atoms with Crippen molar-refractivity contribution in [2.75, 3.05) is 19.6 Å². The van der Waals surface area contributed by atoms with Crippen molar-refractivity contribution in [2.45, 2.75) is 26.2 Å². The lowest BCUT2D eigenvalue weighted by molar-refractivity contribution is -0.126. The molecule has 0 spiro atoms. The lowest BCUT2D eigenvalue weighted by atomic mass is 9.95. The van der Waals surface area contributed by atoms with Gasteiger partial charge < -0.3 is 10.2 Å². The average molecular weight is 314 g/mol. The molecule has 1 aliphatic rings. The number of likely N-dealkylation sites (tertiary alicyclic amines) is 1.